The van der Waals surface area contributed by atoms with E-state index in [9.17, 15) is 21.0 Å². The molecule has 0 N–H and O–H groups in total. The number of fused-ring (bicyclic) bond motifs is 3. The minimum atomic E-state index is 0.378. The SMILES string of the molecule is N#Cc1cc(C#N)cc(-c2ccc3c4ccc(-c5cc(C#N)cc(C#N)c5)cc4n(-c4ccc(-c5cc(-c6ccccc6)nc(-c6ccccc6)n5)cc4-c4nc(-c5ccccc5)cc(-c5ccccc5)n4)c3c2)c1. The molecule has 12 rings (SSSR count). The lowest BCUT2D eigenvalue weighted by molar-refractivity contribution is 1.13. The second-order valence-corrected chi connectivity index (χ2v) is 18.0. The van der Waals surface area contributed by atoms with Gasteiger partial charge in [0.1, 0.15) is 0 Å². The summed E-state index contributed by atoms with van der Waals surface area (Å²) >= 11 is 0. The van der Waals surface area contributed by atoms with E-state index in [4.69, 9.17) is 19.9 Å². The van der Waals surface area contributed by atoms with Gasteiger partial charge in [0, 0.05) is 44.2 Å². The fourth-order valence-electron chi connectivity index (χ4n) is 9.70. The molecule has 12 aromatic rings. The summed E-state index contributed by atoms with van der Waals surface area (Å²) in [5.41, 5.74) is 15.1. The zero-order chi connectivity index (χ0) is 50.8. The summed E-state index contributed by atoms with van der Waals surface area (Å²) in [5.74, 6) is 1.05. The standard InChI is InChI=1S/C66H37N9/c67-38-42-27-43(39-68)30-53(29-42)50-21-24-55-56-25-22-51(54-31-44(40-69)28-45(32-54)41-70)35-64(56)75(63(55)34-50)62-26-23-52(61-37-58(46-13-5-1-6-14-46)71-65(72-61)49-19-11-4-12-20-49)33-57(62)66-73-59(47-15-7-2-8-16-47)36-60(74-66)48-17-9-3-10-18-48/h1-37H. The second kappa shape index (κ2) is 19.2. The van der Waals surface area contributed by atoms with Crippen LogP contribution < -0.4 is 0 Å². The van der Waals surface area contributed by atoms with Crippen molar-refractivity contribution in [3.63, 3.8) is 0 Å². The largest absolute Gasteiger partial charge is 0.308 e. The van der Waals surface area contributed by atoms with Gasteiger partial charge in [0.2, 0.25) is 0 Å². The van der Waals surface area contributed by atoms with Crippen molar-refractivity contribution in [2.24, 2.45) is 0 Å². The highest BCUT2D eigenvalue weighted by molar-refractivity contribution is 6.12. The topological polar surface area (TPSA) is 152 Å². The average Bonchev–Trinajstić information content (AvgIpc) is 3.82. The van der Waals surface area contributed by atoms with Crippen LogP contribution in [0.5, 0.6) is 0 Å². The molecule has 0 saturated carbocycles. The van der Waals surface area contributed by atoms with E-state index in [1.165, 1.54) is 0 Å². The molecular weight excluding hydrogens is 919 g/mol. The molecule has 9 aromatic carbocycles. The van der Waals surface area contributed by atoms with Gasteiger partial charge in [-0.3, -0.25) is 0 Å². The maximum Gasteiger partial charge on any atom is 0.162 e. The maximum absolute atomic E-state index is 10.0. The molecule has 0 radical (unpaired) electrons. The van der Waals surface area contributed by atoms with Crippen molar-refractivity contribution in [2.75, 3.05) is 0 Å². The van der Waals surface area contributed by atoms with E-state index < -0.39 is 0 Å². The summed E-state index contributed by atoms with van der Waals surface area (Å²) in [7, 11) is 0. The van der Waals surface area contributed by atoms with Gasteiger partial charge in [-0.25, -0.2) is 19.9 Å². The minimum absolute atomic E-state index is 0.378. The zero-order valence-corrected chi connectivity index (χ0v) is 39.9. The molecule has 0 spiro atoms. The smallest absolute Gasteiger partial charge is 0.162 e. The molecule has 0 amide bonds. The van der Waals surface area contributed by atoms with E-state index >= 15 is 0 Å². The molecule has 0 saturated heterocycles. The van der Waals surface area contributed by atoms with Crippen LogP contribution in [0.3, 0.4) is 0 Å². The normalized spacial score (nSPS) is 10.9. The van der Waals surface area contributed by atoms with E-state index in [0.717, 1.165) is 94.6 Å². The lowest BCUT2D eigenvalue weighted by Gasteiger charge is -2.17. The summed E-state index contributed by atoms with van der Waals surface area (Å²) < 4.78 is 2.21. The molecule has 3 heterocycles. The van der Waals surface area contributed by atoms with Gasteiger partial charge in [-0.1, -0.05) is 152 Å². The van der Waals surface area contributed by atoms with Gasteiger partial charge in [-0.05, 0) is 95.1 Å². The average molecular weight is 956 g/mol. The monoisotopic (exact) mass is 955 g/mol. The lowest BCUT2D eigenvalue weighted by atomic mass is 9.98. The highest BCUT2D eigenvalue weighted by atomic mass is 15.0. The Bertz CT molecular complexity index is 4070. The van der Waals surface area contributed by atoms with Gasteiger partial charge in [-0.15, -0.1) is 0 Å². The molecule has 0 unspecified atom stereocenters. The molecule has 9 heteroatoms. The number of aromatic nitrogens is 5. The number of hydrogen-bond donors (Lipinski definition) is 0. The van der Waals surface area contributed by atoms with Crippen molar-refractivity contribution in [1.29, 1.82) is 21.0 Å². The summed E-state index contributed by atoms with van der Waals surface area (Å²) in [6.07, 6.45) is 0. The number of benzene rings is 9. The Morgan fingerprint density at radius 3 is 1.04 bits per heavy atom. The van der Waals surface area contributed by atoms with Gasteiger partial charge in [-0.2, -0.15) is 21.0 Å². The van der Waals surface area contributed by atoms with E-state index in [-0.39, 0.29) is 0 Å². The Morgan fingerprint density at radius 1 is 0.280 bits per heavy atom. The van der Waals surface area contributed by atoms with Crippen LogP contribution in [0, 0.1) is 45.3 Å². The quantitative estimate of drug-likeness (QED) is 0.139. The van der Waals surface area contributed by atoms with E-state index in [0.29, 0.717) is 45.2 Å². The predicted octanol–water partition coefficient (Wildman–Crippen LogP) is 15.2. The van der Waals surface area contributed by atoms with Crippen LogP contribution in [0.4, 0.5) is 0 Å². The van der Waals surface area contributed by atoms with Crippen molar-refractivity contribution >= 4 is 21.8 Å². The number of hydrogen-bond acceptors (Lipinski definition) is 8. The van der Waals surface area contributed by atoms with Crippen LogP contribution in [0.2, 0.25) is 0 Å². The predicted molar refractivity (Wildman–Crippen MR) is 294 cm³/mol. The molecule has 0 aliphatic rings. The molecule has 75 heavy (non-hydrogen) atoms. The summed E-state index contributed by atoms with van der Waals surface area (Å²) in [5, 5.41) is 42.0. The Kier molecular flexibility index (Phi) is 11.6. The third-order valence-corrected chi connectivity index (χ3v) is 13.3. The van der Waals surface area contributed by atoms with Crippen LogP contribution in [0.1, 0.15) is 22.3 Å². The van der Waals surface area contributed by atoms with Gasteiger partial charge in [0.15, 0.2) is 11.6 Å². The first-order valence-corrected chi connectivity index (χ1v) is 24.1. The number of rotatable bonds is 9. The minimum Gasteiger partial charge on any atom is -0.308 e. The first-order valence-electron chi connectivity index (χ1n) is 24.1. The lowest BCUT2D eigenvalue weighted by Crippen LogP contribution is -2.03. The fraction of sp³-hybridized carbons (Fsp3) is 0. The van der Waals surface area contributed by atoms with E-state index in [1.807, 2.05) is 146 Å². The van der Waals surface area contributed by atoms with E-state index in [2.05, 4.69) is 71.3 Å². The highest BCUT2D eigenvalue weighted by Crippen LogP contribution is 2.42. The Hall–Kier alpha value is -11.1. The van der Waals surface area contributed by atoms with Crippen molar-refractivity contribution < 1.29 is 0 Å². The third kappa shape index (κ3) is 8.68. The molecule has 9 nitrogen and oxygen atoms in total. The zero-order valence-electron chi connectivity index (χ0n) is 39.9. The summed E-state index contributed by atoms with van der Waals surface area (Å²) in [6, 6.07) is 82.1. The van der Waals surface area contributed by atoms with E-state index in [1.54, 1.807) is 36.4 Å². The van der Waals surface area contributed by atoms with Gasteiger partial charge in [0.25, 0.3) is 0 Å². The molecule has 346 valence electrons. The van der Waals surface area contributed by atoms with Crippen LogP contribution in [0.15, 0.2) is 224 Å². The Labute approximate surface area is 432 Å². The number of nitrogens with zero attached hydrogens (tertiary/aromatic N) is 9. The van der Waals surface area contributed by atoms with Crippen LogP contribution in [0.25, 0.3) is 118 Å². The van der Waals surface area contributed by atoms with Crippen LogP contribution in [-0.2, 0) is 0 Å². The van der Waals surface area contributed by atoms with Crippen molar-refractivity contribution in [3.8, 4) is 120 Å². The van der Waals surface area contributed by atoms with Crippen LogP contribution >= 0.6 is 0 Å². The van der Waals surface area contributed by atoms with Gasteiger partial charge < -0.3 is 4.57 Å². The Balaban J connectivity index is 1.19. The van der Waals surface area contributed by atoms with Crippen molar-refractivity contribution in [2.45, 2.75) is 0 Å². The third-order valence-electron chi connectivity index (χ3n) is 13.3. The molecule has 0 aliphatic carbocycles. The molecule has 0 fully saturated rings. The molecule has 0 bridgehead atoms. The molecular formula is C66H37N9. The molecule has 0 aliphatic heterocycles. The maximum atomic E-state index is 10.0. The first-order chi connectivity index (χ1) is 36.9. The van der Waals surface area contributed by atoms with Crippen molar-refractivity contribution in [1.82, 2.24) is 24.5 Å². The van der Waals surface area contributed by atoms with Gasteiger partial charge >= 0.3 is 0 Å². The summed E-state index contributed by atoms with van der Waals surface area (Å²) in [6.45, 7) is 0. The number of nitriles is 4. The summed E-state index contributed by atoms with van der Waals surface area (Å²) in [4.78, 5) is 21.2. The highest BCUT2D eigenvalue weighted by Gasteiger charge is 2.23. The first kappa shape index (κ1) is 45.1. The Morgan fingerprint density at radius 2 is 0.640 bits per heavy atom. The van der Waals surface area contributed by atoms with Gasteiger partial charge in [0.05, 0.1) is 86.0 Å². The van der Waals surface area contributed by atoms with Crippen molar-refractivity contribution in [3.05, 3.63) is 247 Å². The van der Waals surface area contributed by atoms with Crippen LogP contribution in [-0.4, -0.2) is 24.5 Å². The molecule has 0 atom stereocenters. The molecule has 3 aromatic heterocycles. The second-order valence-electron chi connectivity index (χ2n) is 18.0. The fourth-order valence-corrected chi connectivity index (χ4v) is 9.70.